The number of nitrogens with one attached hydrogen (secondary N) is 1. The van der Waals surface area contributed by atoms with E-state index in [1.165, 1.54) is 5.56 Å². The molecule has 19 heavy (non-hydrogen) atoms. The van der Waals surface area contributed by atoms with Crippen molar-refractivity contribution in [2.24, 2.45) is 5.92 Å². The fraction of sp³-hybridized carbons (Fsp3) is 0.600. The molecule has 4 heteroatoms. The van der Waals surface area contributed by atoms with Crippen LogP contribution in [0.1, 0.15) is 38.2 Å². The van der Waals surface area contributed by atoms with Gasteiger partial charge in [0, 0.05) is 25.0 Å². The molecule has 0 spiro atoms. The van der Waals surface area contributed by atoms with Gasteiger partial charge in [-0.25, -0.2) is 0 Å². The normalized spacial score (nSPS) is 23.0. The standard InChI is InChI=1S/C15H22N2O2/c1-2-19-15(18)13-5-7-14(8-6-13)17-11-12-4-3-9-16-10-12/h3-4,9-10,13-14,17H,2,5-8,11H2,1H3. The molecule has 1 N–H and O–H groups in total. The highest BCUT2D eigenvalue weighted by Gasteiger charge is 2.26. The Balaban J connectivity index is 1.70. The van der Waals surface area contributed by atoms with Crippen molar-refractivity contribution in [1.82, 2.24) is 10.3 Å². The van der Waals surface area contributed by atoms with Crippen LogP contribution in [0.25, 0.3) is 0 Å². The summed E-state index contributed by atoms with van der Waals surface area (Å²) >= 11 is 0. The van der Waals surface area contributed by atoms with E-state index < -0.39 is 0 Å². The molecule has 0 bridgehead atoms. The molecule has 0 unspecified atom stereocenters. The SMILES string of the molecule is CCOC(=O)C1CCC(NCc2cccnc2)CC1. The zero-order valence-electron chi connectivity index (χ0n) is 11.5. The number of esters is 1. The molecule has 0 aliphatic heterocycles. The second kappa shape index (κ2) is 7.24. The summed E-state index contributed by atoms with van der Waals surface area (Å²) in [5, 5.41) is 3.54. The Kier molecular flexibility index (Phi) is 5.33. The van der Waals surface area contributed by atoms with E-state index in [9.17, 15) is 4.79 Å². The number of aromatic nitrogens is 1. The Hall–Kier alpha value is -1.42. The van der Waals surface area contributed by atoms with E-state index in [1.54, 1.807) is 6.20 Å². The largest absolute Gasteiger partial charge is 0.466 e. The maximum Gasteiger partial charge on any atom is 0.308 e. The van der Waals surface area contributed by atoms with Crippen molar-refractivity contribution < 1.29 is 9.53 Å². The second-order valence-electron chi connectivity index (χ2n) is 5.04. The molecular weight excluding hydrogens is 240 g/mol. The van der Waals surface area contributed by atoms with Crippen molar-refractivity contribution in [3.63, 3.8) is 0 Å². The minimum atomic E-state index is -0.0202. The highest BCUT2D eigenvalue weighted by atomic mass is 16.5. The van der Waals surface area contributed by atoms with Gasteiger partial charge in [0.2, 0.25) is 0 Å². The van der Waals surface area contributed by atoms with Gasteiger partial charge < -0.3 is 10.1 Å². The molecule has 0 saturated heterocycles. The van der Waals surface area contributed by atoms with Crippen LogP contribution in [0.4, 0.5) is 0 Å². The maximum absolute atomic E-state index is 11.6. The third-order valence-electron chi connectivity index (χ3n) is 3.66. The van der Waals surface area contributed by atoms with Crippen LogP contribution in [-0.4, -0.2) is 23.6 Å². The summed E-state index contributed by atoms with van der Waals surface area (Å²) in [7, 11) is 0. The molecule has 0 amide bonds. The van der Waals surface area contributed by atoms with Crippen molar-refractivity contribution in [1.29, 1.82) is 0 Å². The van der Waals surface area contributed by atoms with Gasteiger partial charge in [-0.15, -0.1) is 0 Å². The molecule has 0 atom stereocenters. The highest BCUT2D eigenvalue weighted by Crippen LogP contribution is 2.25. The first-order chi connectivity index (χ1) is 9.29. The summed E-state index contributed by atoms with van der Waals surface area (Å²) in [6.45, 7) is 3.19. The summed E-state index contributed by atoms with van der Waals surface area (Å²) in [6.07, 6.45) is 7.63. The topological polar surface area (TPSA) is 51.2 Å². The van der Waals surface area contributed by atoms with Crippen molar-refractivity contribution >= 4 is 5.97 Å². The minimum Gasteiger partial charge on any atom is -0.466 e. The van der Waals surface area contributed by atoms with Crippen LogP contribution in [0.3, 0.4) is 0 Å². The molecular formula is C15H22N2O2. The molecule has 104 valence electrons. The number of carbonyl (C=O) groups is 1. The maximum atomic E-state index is 11.6. The van der Waals surface area contributed by atoms with Crippen LogP contribution in [0, 0.1) is 5.92 Å². The fourth-order valence-electron chi connectivity index (χ4n) is 2.56. The van der Waals surface area contributed by atoms with Crippen LogP contribution in [0.2, 0.25) is 0 Å². The van der Waals surface area contributed by atoms with Gasteiger partial charge in [0.25, 0.3) is 0 Å². The van der Waals surface area contributed by atoms with Crippen molar-refractivity contribution in [3.8, 4) is 0 Å². The number of ether oxygens (including phenoxy) is 1. The van der Waals surface area contributed by atoms with E-state index in [4.69, 9.17) is 4.74 Å². The molecule has 1 aromatic rings. The highest BCUT2D eigenvalue weighted by molar-refractivity contribution is 5.72. The number of nitrogens with zero attached hydrogens (tertiary/aromatic N) is 1. The van der Waals surface area contributed by atoms with Gasteiger partial charge in [0.15, 0.2) is 0 Å². The predicted octanol–water partition coefficient (Wildman–Crippen LogP) is 2.29. The summed E-state index contributed by atoms with van der Waals surface area (Å²) in [4.78, 5) is 15.7. The first-order valence-electron chi connectivity index (χ1n) is 7.08. The molecule has 1 saturated carbocycles. The smallest absolute Gasteiger partial charge is 0.308 e. The van der Waals surface area contributed by atoms with Gasteiger partial charge in [-0.1, -0.05) is 6.07 Å². The molecule has 4 nitrogen and oxygen atoms in total. The third kappa shape index (κ3) is 4.31. The molecule has 1 aliphatic rings. The molecule has 2 rings (SSSR count). The lowest BCUT2D eigenvalue weighted by molar-refractivity contribution is -0.149. The number of hydrogen-bond acceptors (Lipinski definition) is 4. The Labute approximate surface area is 114 Å². The van der Waals surface area contributed by atoms with Crippen molar-refractivity contribution in [3.05, 3.63) is 30.1 Å². The lowest BCUT2D eigenvalue weighted by Crippen LogP contribution is -2.35. The van der Waals surface area contributed by atoms with Gasteiger partial charge in [0.05, 0.1) is 12.5 Å². The molecule has 0 aromatic carbocycles. The zero-order valence-corrected chi connectivity index (χ0v) is 11.5. The quantitative estimate of drug-likeness (QED) is 0.827. The van der Waals surface area contributed by atoms with Crippen LogP contribution in [-0.2, 0) is 16.1 Å². The molecule has 1 fully saturated rings. The molecule has 1 aliphatic carbocycles. The minimum absolute atomic E-state index is 0.0202. The number of pyridine rings is 1. The van der Waals surface area contributed by atoms with E-state index in [1.807, 2.05) is 19.2 Å². The summed E-state index contributed by atoms with van der Waals surface area (Å²) in [6, 6.07) is 4.53. The van der Waals surface area contributed by atoms with E-state index in [0.29, 0.717) is 12.6 Å². The van der Waals surface area contributed by atoms with Gasteiger partial charge in [-0.3, -0.25) is 9.78 Å². The summed E-state index contributed by atoms with van der Waals surface area (Å²) < 4.78 is 5.08. The van der Waals surface area contributed by atoms with Crippen LogP contribution >= 0.6 is 0 Å². The van der Waals surface area contributed by atoms with Gasteiger partial charge in [-0.2, -0.15) is 0 Å². The lowest BCUT2D eigenvalue weighted by atomic mass is 9.86. The second-order valence-corrected chi connectivity index (χ2v) is 5.04. The van der Waals surface area contributed by atoms with E-state index in [0.717, 1.165) is 32.2 Å². The van der Waals surface area contributed by atoms with Gasteiger partial charge in [-0.05, 0) is 44.2 Å². The van der Waals surface area contributed by atoms with Crippen LogP contribution < -0.4 is 5.32 Å². The van der Waals surface area contributed by atoms with Crippen molar-refractivity contribution in [2.75, 3.05) is 6.61 Å². The third-order valence-corrected chi connectivity index (χ3v) is 3.66. The first-order valence-corrected chi connectivity index (χ1v) is 7.08. The van der Waals surface area contributed by atoms with Gasteiger partial charge in [0.1, 0.15) is 0 Å². The Morgan fingerprint density at radius 3 is 2.84 bits per heavy atom. The van der Waals surface area contributed by atoms with Crippen molar-refractivity contribution in [2.45, 2.75) is 45.2 Å². The molecule has 1 aromatic heterocycles. The van der Waals surface area contributed by atoms with E-state index >= 15 is 0 Å². The first kappa shape index (κ1) is 14.0. The van der Waals surface area contributed by atoms with Gasteiger partial charge >= 0.3 is 5.97 Å². The van der Waals surface area contributed by atoms with E-state index in [2.05, 4.69) is 16.4 Å². The Morgan fingerprint density at radius 1 is 1.42 bits per heavy atom. The zero-order chi connectivity index (χ0) is 13.5. The lowest BCUT2D eigenvalue weighted by Gasteiger charge is -2.27. The Bertz CT molecular complexity index is 386. The average Bonchev–Trinajstić information content (AvgIpc) is 2.47. The summed E-state index contributed by atoms with van der Waals surface area (Å²) in [5.74, 6) is 0.0876. The number of rotatable bonds is 5. The molecule has 0 radical (unpaired) electrons. The Morgan fingerprint density at radius 2 is 2.21 bits per heavy atom. The summed E-state index contributed by atoms with van der Waals surface area (Å²) in [5.41, 5.74) is 1.20. The molecule has 1 heterocycles. The van der Waals surface area contributed by atoms with Crippen LogP contribution in [0.15, 0.2) is 24.5 Å². The van der Waals surface area contributed by atoms with Crippen LogP contribution in [0.5, 0.6) is 0 Å². The average molecular weight is 262 g/mol. The monoisotopic (exact) mass is 262 g/mol. The fourth-order valence-corrected chi connectivity index (χ4v) is 2.56. The number of hydrogen-bond donors (Lipinski definition) is 1. The number of carbonyl (C=O) groups excluding carboxylic acids is 1. The predicted molar refractivity (Wildman–Crippen MR) is 73.5 cm³/mol. The van der Waals surface area contributed by atoms with E-state index in [-0.39, 0.29) is 11.9 Å².